The SMILES string of the molecule is Cc1cc(=O)c(C(=O)NCc2nnc(C(C)(C)C)s2)c[nH]1. The fourth-order valence-electron chi connectivity index (χ4n) is 1.63. The second kappa shape index (κ2) is 5.77. The smallest absolute Gasteiger partial charge is 0.257 e. The van der Waals surface area contributed by atoms with Crippen molar-refractivity contribution in [2.24, 2.45) is 0 Å². The van der Waals surface area contributed by atoms with Gasteiger partial charge in [-0.25, -0.2) is 0 Å². The standard InChI is InChI=1S/C14H18N4O2S/c1-8-5-10(19)9(6-15-8)12(20)16-7-11-17-18-13(21-11)14(2,3)4/h5-6H,7H2,1-4H3,(H,15,19)(H,16,20). The van der Waals surface area contributed by atoms with Gasteiger partial charge in [0.1, 0.15) is 15.6 Å². The lowest BCUT2D eigenvalue weighted by Crippen LogP contribution is -2.28. The lowest BCUT2D eigenvalue weighted by molar-refractivity contribution is 0.0949. The van der Waals surface area contributed by atoms with Crippen molar-refractivity contribution in [1.29, 1.82) is 0 Å². The Morgan fingerprint density at radius 1 is 1.38 bits per heavy atom. The third kappa shape index (κ3) is 3.75. The fraction of sp³-hybridized carbons (Fsp3) is 0.429. The van der Waals surface area contributed by atoms with E-state index in [9.17, 15) is 9.59 Å². The van der Waals surface area contributed by atoms with Gasteiger partial charge in [-0.05, 0) is 6.92 Å². The Labute approximate surface area is 126 Å². The van der Waals surface area contributed by atoms with Gasteiger partial charge in [0.15, 0.2) is 5.43 Å². The van der Waals surface area contributed by atoms with Gasteiger partial charge in [0.25, 0.3) is 5.91 Å². The molecule has 2 rings (SSSR count). The zero-order chi connectivity index (χ0) is 15.6. The van der Waals surface area contributed by atoms with Crippen LogP contribution in [0.15, 0.2) is 17.1 Å². The van der Waals surface area contributed by atoms with Crippen LogP contribution in [0.25, 0.3) is 0 Å². The van der Waals surface area contributed by atoms with Crippen molar-refractivity contribution in [2.75, 3.05) is 0 Å². The third-order valence-electron chi connectivity index (χ3n) is 2.81. The molecule has 112 valence electrons. The number of nitrogens with zero attached hydrogens (tertiary/aromatic N) is 2. The van der Waals surface area contributed by atoms with E-state index in [-0.39, 0.29) is 23.0 Å². The maximum Gasteiger partial charge on any atom is 0.257 e. The molecular weight excluding hydrogens is 288 g/mol. The first kappa shape index (κ1) is 15.4. The van der Waals surface area contributed by atoms with E-state index < -0.39 is 5.91 Å². The molecule has 2 aromatic rings. The minimum absolute atomic E-state index is 0.0615. The minimum atomic E-state index is -0.413. The molecule has 21 heavy (non-hydrogen) atoms. The molecule has 6 nitrogen and oxygen atoms in total. The highest BCUT2D eigenvalue weighted by Crippen LogP contribution is 2.25. The van der Waals surface area contributed by atoms with E-state index >= 15 is 0 Å². The van der Waals surface area contributed by atoms with Crippen molar-refractivity contribution in [3.8, 4) is 0 Å². The molecule has 2 aromatic heterocycles. The number of hydrogen-bond donors (Lipinski definition) is 2. The molecule has 0 spiro atoms. The zero-order valence-electron chi connectivity index (χ0n) is 12.5. The molecule has 2 N–H and O–H groups in total. The summed E-state index contributed by atoms with van der Waals surface area (Å²) in [5.74, 6) is -0.413. The average molecular weight is 306 g/mol. The topological polar surface area (TPSA) is 87.7 Å². The van der Waals surface area contributed by atoms with Crippen molar-refractivity contribution < 1.29 is 4.79 Å². The molecule has 0 bridgehead atoms. The number of rotatable bonds is 3. The van der Waals surface area contributed by atoms with Crippen LogP contribution in [0.1, 0.15) is 46.8 Å². The fourth-order valence-corrected chi connectivity index (χ4v) is 2.47. The largest absolute Gasteiger partial charge is 0.364 e. The number of carbonyl (C=O) groups is 1. The van der Waals surface area contributed by atoms with Crippen molar-refractivity contribution >= 4 is 17.2 Å². The molecule has 0 saturated heterocycles. The van der Waals surface area contributed by atoms with Crippen LogP contribution in [0.5, 0.6) is 0 Å². The van der Waals surface area contributed by atoms with Gasteiger partial charge in [-0.15, -0.1) is 10.2 Å². The Bertz CT molecular complexity index is 712. The second-order valence-electron chi connectivity index (χ2n) is 5.83. The molecule has 0 unspecified atom stereocenters. The summed E-state index contributed by atoms with van der Waals surface area (Å²) >= 11 is 1.46. The van der Waals surface area contributed by atoms with Gasteiger partial charge >= 0.3 is 0 Å². The van der Waals surface area contributed by atoms with E-state index in [2.05, 4.69) is 41.3 Å². The summed E-state index contributed by atoms with van der Waals surface area (Å²) in [6.07, 6.45) is 1.42. The Morgan fingerprint density at radius 2 is 2.10 bits per heavy atom. The Kier molecular flexibility index (Phi) is 4.22. The van der Waals surface area contributed by atoms with Gasteiger partial charge in [-0.2, -0.15) is 0 Å². The van der Waals surface area contributed by atoms with Gasteiger partial charge in [0, 0.05) is 23.4 Å². The number of aryl methyl sites for hydroxylation is 1. The van der Waals surface area contributed by atoms with E-state index in [1.807, 2.05) is 0 Å². The second-order valence-corrected chi connectivity index (χ2v) is 6.89. The summed E-state index contributed by atoms with van der Waals surface area (Å²) in [5.41, 5.74) is 0.460. The number of aromatic amines is 1. The Balaban J connectivity index is 2.04. The predicted molar refractivity (Wildman–Crippen MR) is 81.6 cm³/mol. The molecule has 0 fully saturated rings. The first-order valence-corrected chi connectivity index (χ1v) is 7.39. The first-order valence-electron chi connectivity index (χ1n) is 6.58. The van der Waals surface area contributed by atoms with Crippen LogP contribution in [-0.4, -0.2) is 21.1 Å². The van der Waals surface area contributed by atoms with Crippen LogP contribution in [0.4, 0.5) is 0 Å². The minimum Gasteiger partial charge on any atom is -0.364 e. The van der Waals surface area contributed by atoms with Crippen LogP contribution in [-0.2, 0) is 12.0 Å². The molecule has 0 atom stereocenters. The molecule has 0 saturated carbocycles. The third-order valence-corrected chi connectivity index (χ3v) is 4.16. The summed E-state index contributed by atoms with van der Waals surface area (Å²) < 4.78 is 0. The highest BCUT2D eigenvalue weighted by Gasteiger charge is 2.19. The predicted octanol–water partition coefficient (Wildman–Crippen LogP) is 1.76. The maximum atomic E-state index is 12.0. The van der Waals surface area contributed by atoms with Crippen molar-refractivity contribution in [3.63, 3.8) is 0 Å². The number of hydrogen-bond acceptors (Lipinski definition) is 5. The van der Waals surface area contributed by atoms with Crippen molar-refractivity contribution in [3.05, 3.63) is 43.8 Å². The van der Waals surface area contributed by atoms with Crippen LogP contribution < -0.4 is 10.7 Å². The average Bonchev–Trinajstić information content (AvgIpc) is 2.84. The van der Waals surface area contributed by atoms with E-state index in [0.717, 1.165) is 15.7 Å². The summed E-state index contributed by atoms with van der Waals surface area (Å²) in [6.45, 7) is 8.20. The normalized spacial score (nSPS) is 11.4. The van der Waals surface area contributed by atoms with Crippen LogP contribution in [0.3, 0.4) is 0 Å². The van der Waals surface area contributed by atoms with Gasteiger partial charge in [-0.1, -0.05) is 32.1 Å². The summed E-state index contributed by atoms with van der Waals surface area (Å²) in [6, 6.07) is 1.40. The lowest BCUT2D eigenvalue weighted by atomic mass is 9.98. The quantitative estimate of drug-likeness (QED) is 0.904. The summed E-state index contributed by atoms with van der Waals surface area (Å²) in [7, 11) is 0. The van der Waals surface area contributed by atoms with Gasteiger partial charge in [0.05, 0.1) is 6.54 Å². The lowest BCUT2D eigenvalue weighted by Gasteiger charge is -2.12. The van der Waals surface area contributed by atoms with Crippen LogP contribution >= 0.6 is 11.3 Å². The molecule has 0 aromatic carbocycles. The van der Waals surface area contributed by atoms with Gasteiger partial charge in [0.2, 0.25) is 0 Å². The van der Waals surface area contributed by atoms with Crippen molar-refractivity contribution in [1.82, 2.24) is 20.5 Å². The number of H-pyrrole nitrogens is 1. The highest BCUT2D eigenvalue weighted by molar-refractivity contribution is 7.11. The maximum absolute atomic E-state index is 12.0. The van der Waals surface area contributed by atoms with Crippen LogP contribution in [0.2, 0.25) is 0 Å². The van der Waals surface area contributed by atoms with E-state index in [1.54, 1.807) is 6.92 Å². The summed E-state index contributed by atoms with van der Waals surface area (Å²) in [4.78, 5) is 26.6. The first-order chi connectivity index (χ1) is 9.77. The van der Waals surface area contributed by atoms with Gasteiger partial charge in [-0.3, -0.25) is 9.59 Å². The van der Waals surface area contributed by atoms with Crippen molar-refractivity contribution in [2.45, 2.75) is 39.7 Å². The number of nitrogens with one attached hydrogen (secondary N) is 2. The number of aromatic nitrogens is 3. The molecule has 0 aliphatic heterocycles. The Morgan fingerprint density at radius 3 is 2.67 bits per heavy atom. The van der Waals surface area contributed by atoms with Crippen LogP contribution in [0, 0.1) is 6.92 Å². The molecule has 0 radical (unpaired) electrons. The highest BCUT2D eigenvalue weighted by atomic mass is 32.1. The monoisotopic (exact) mass is 306 g/mol. The van der Waals surface area contributed by atoms with E-state index in [0.29, 0.717) is 0 Å². The number of amides is 1. The molecular formula is C14H18N4O2S. The Hall–Kier alpha value is -2.02. The number of pyridine rings is 1. The molecule has 2 heterocycles. The van der Waals surface area contributed by atoms with Gasteiger partial charge < -0.3 is 10.3 Å². The zero-order valence-corrected chi connectivity index (χ0v) is 13.3. The molecule has 7 heteroatoms. The molecule has 0 aliphatic carbocycles. The summed E-state index contributed by atoms with van der Waals surface area (Å²) in [5, 5.41) is 12.5. The van der Waals surface area contributed by atoms with E-state index in [1.165, 1.54) is 23.6 Å². The molecule has 1 amide bonds. The van der Waals surface area contributed by atoms with E-state index in [4.69, 9.17) is 0 Å². The number of carbonyl (C=O) groups excluding carboxylic acids is 1. The molecule has 0 aliphatic rings.